The van der Waals surface area contributed by atoms with E-state index in [1.165, 1.54) is 37.4 Å². The molecule has 0 bridgehead atoms. The molecule has 2 heterocycles. The van der Waals surface area contributed by atoms with Crippen LogP contribution in [-0.4, -0.2) is 12.0 Å². The summed E-state index contributed by atoms with van der Waals surface area (Å²) in [6, 6.07) is 11.9. The van der Waals surface area contributed by atoms with Crippen LogP contribution < -0.4 is 9.46 Å². The van der Waals surface area contributed by atoms with E-state index in [0.29, 0.717) is 15.0 Å². The Bertz CT molecular complexity index is 1040. The van der Waals surface area contributed by atoms with Crippen molar-refractivity contribution < 1.29 is 23.9 Å². The summed E-state index contributed by atoms with van der Waals surface area (Å²) in [4.78, 5) is 10.3. The van der Waals surface area contributed by atoms with Crippen molar-refractivity contribution >= 4 is 16.7 Å². The summed E-state index contributed by atoms with van der Waals surface area (Å²) in [6.07, 6.45) is 0. The average molecular weight is 355 g/mol. The molecule has 2 aromatic carbocycles. The van der Waals surface area contributed by atoms with E-state index in [4.69, 9.17) is 9.47 Å². The lowest BCUT2D eigenvalue weighted by atomic mass is 10.0. The first-order chi connectivity index (χ1) is 12.5. The molecule has 9 heteroatoms. The quantitative estimate of drug-likeness (QED) is 0.303. The van der Waals surface area contributed by atoms with E-state index in [1.807, 2.05) is 0 Å². The summed E-state index contributed by atoms with van der Waals surface area (Å²) in [5.41, 5.74) is 0.826. The fraction of sp³-hybridized carbons (Fsp3) is 0.176. The Kier molecular flexibility index (Phi) is 3.49. The van der Waals surface area contributed by atoms with Crippen LogP contribution in [-0.2, 0) is 21.9 Å². The summed E-state index contributed by atoms with van der Waals surface area (Å²) in [7, 11) is 1.35. The van der Waals surface area contributed by atoms with Gasteiger partial charge in [0.2, 0.25) is 0 Å². The summed E-state index contributed by atoms with van der Waals surface area (Å²) in [6.45, 7) is -0.128. The number of hydrogen-bond acceptors (Lipinski definition) is 6. The molecule has 1 aliphatic heterocycles. The summed E-state index contributed by atoms with van der Waals surface area (Å²) >= 11 is 0. The van der Waals surface area contributed by atoms with Crippen LogP contribution in [0, 0.1) is 20.5 Å². The van der Waals surface area contributed by atoms with Gasteiger partial charge in [0.1, 0.15) is 6.61 Å². The highest BCUT2D eigenvalue weighted by molar-refractivity contribution is 5.67. The van der Waals surface area contributed by atoms with Crippen LogP contribution in [0.4, 0.5) is 5.69 Å². The molecule has 1 aromatic heterocycles. The first-order valence-corrected chi connectivity index (χ1v) is 7.71. The normalized spacial score (nSPS) is 18.8. The van der Waals surface area contributed by atoms with Gasteiger partial charge in [-0.1, -0.05) is 12.1 Å². The van der Waals surface area contributed by atoms with E-state index in [9.17, 15) is 20.5 Å². The molecule has 1 atom stereocenters. The molecule has 0 amide bonds. The molecule has 0 aliphatic carbocycles. The maximum Gasteiger partial charge on any atom is 0.329 e. The maximum atomic E-state index is 13.0. The number of methoxy groups -OCH3 is 1. The monoisotopic (exact) mass is 355 g/mol. The summed E-state index contributed by atoms with van der Waals surface area (Å²) < 4.78 is 12.6. The van der Waals surface area contributed by atoms with E-state index in [2.05, 4.69) is 0 Å². The van der Waals surface area contributed by atoms with Gasteiger partial charge in [-0.05, 0) is 12.1 Å². The predicted molar refractivity (Wildman–Crippen MR) is 87.5 cm³/mol. The SMILES string of the molecule is COC1(c2ccc([N+](=O)[O-])cc2)OCc2c1[n+]([O-])c1ccccc1[n+]2[O-]. The molecular weight excluding hydrogens is 342 g/mol. The van der Waals surface area contributed by atoms with Crippen LogP contribution in [0.2, 0.25) is 0 Å². The molecule has 3 aromatic rings. The maximum absolute atomic E-state index is 13.0. The van der Waals surface area contributed by atoms with Crippen molar-refractivity contribution in [2.75, 3.05) is 7.11 Å². The fourth-order valence-corrected chi connectivity index (χ4v) is 3.27. The second-order valence-electron chi connectivity index (χ2n) is 5.79. The topological polar surface area (TPSA) is 115 Å². The Balaban J connectivity index is 1.99. The Labute approximate surface area is 146 Å². The average Bonchev–Trinajstić information content (AvgIpc) is 3.07. The van der Waals surface area contributed by atoms with Gasteiger partial charge in [0.05, 0.1) is 4.92 Å². The molecule has 1 aliphatic rings. The molecule has 4 rings (SSSR count). The molecule has 0 N–H and O–H groups in total. The zero-order valence-corrected chi connectivity index (χ0v) is 13.6. The zero-order valence-electron chi connectivity index (χ0n) is 13.6. The fourth-order valence-electron chi connectivity index (χ4n) is 3.27. The second-order valence-corrected chi connectivity index (χ2v) is 5.79. The predicted octanol–water partition coefficient (Wildman–Crippen LogP) is 1.39. The number of rotatable bonds is 3. The molecule has 0 radical (unpaired) electrons. The Morgan fingerprint density at radius 2 is 1.69 bits per heavy atom. The standard InChI is InChI=1S/C17H13N3O6/c1-25-17(11-6-8-12(9-7-11)20(23)24)16-15(10-26-17)18(21)13-4-2-3-5-14(13)19(16)22/h2-9H,10H2,1H3. The van der Waals surface area contributed by atoms with Crippen LogP contribution in [0.5, 0.6) is 0 Å². The molecular formula is C17H13N3O6. The number of non-ortho nitro benzene ring substituents is 1. The molecule has 0 spiro atoms. The molecule has 9 nitrogen and oxygen atoms in total. The second kappa shape index (κ2) is 5.61. The van der Waals surface area contributed by atoms with Crippen molar-refractivity contribution in [3.05, 3.63) is 86.0 Å². The van der Waals surface area contributed by atoms with Gasteiger partial charge in [-0.15, -0.1) is 0 Å². The number of fused-ring (bicyclic) bond motifs is 2. The van der Waals surface area contributed by atoms with Crippen molar-refractivity contribution in [2.24, 2.45) is 0 Å². The van der Waals surface area contributed by atoms with Gasteiger partial charge in [-0.25, -0.2) is 0 Å². The molecule has 132 valence electrons. The number of aromatic nitrogens is 2. The number of nitrogens with zero attached hydrogens (tertiary/aromatic N) is 3. The third kappa shape index (κ3) is 2.04. The highest BCUT2D eigenvalue weighted by atomic mass is 16.7. The smallest absolute Gasteiger partial charge is 0.329 e. The lowest BCUT2D eigenvalue weighted by molar-refractivity contribution is -0.643. The third-order valence-electron chi connectivity index (χ3n) is 4.51. The zero-order chi connectivity index (χ0) is 18.5. The highest BCUT2D eigenvalue weighted by Gasteiger charge is 2.55. The van der Waals surface area contributed by atoms with Crippen molar-refractivity contribution in [1.29, 1.82) is 0 Å². The summed E-state index contributed by atoms with van der Waals surface area (Å²) in [5, 5.41) is 36.6. The Morgan fingerprint density at radius 3 is 2.27 bits per heavy atom. The van der Waals surface area contributed by atoms with Gasteiger partial charge in [-0.2, -0.15) is 9.46 Å². The minimum atomic E-state index is -1.62. The van der Waals surface area contributed by atoms with Crippen molar-refractivity contribution in [3.8, 4) is 0 Å². The van der Waals surface area contributed by atoms with E-state index < -0.39 is 10.7 Å². The van der Waals surface area contributed by atoms with Gasteiger partial charge < -0.3 is 19.9 Å². The van der Waals surface area contributed by atoms with Crippen molar-refractivity contribution in [3.63, 3.8) is 0 Å². The van der Waals surface area contributed by atoms with Crippen LogP contribution in [0.3, 0.4) is 0 Å². The minimum Gasteiger partial charge on any atom is -0.618 e. The van der Waals surface area contributed by atoms with E-state index in [0.717, 1.165) is 0 Å². The first-order valence-electron chi connectivity index (χ1n) is 7.71. The Morgan fingerprint density at radius 1 is 1.08 bits per heavy atom. The molecule has 0 saturated heterocycles. The van der Waals surface area contributed by atoms with E-state index in [-0.39, 0.29) is 34.7 Å². The number of para-hydroxylation sites is 2. The highest BCUT2D eigenvalue weighted by Crippen LogP contribution is 2.40. The van der Waals surface area contributed by atoms with Gasteiger partial charge in [-0.3, -0.25) is 10.1 Å². The van der Waals surface area contributed by atoms with Crippen LogP contribution >= 0.6 is 0 Å². The van der Waals surface area contributed by atoms with Crippen molar-refractivity contribution in [2.45, 2.75) is 12.4 Å². The molecule has 26 heavy (non-hydrogen) atoms. The lowest BCUT2D eigenvalue weighted by Gasteiger charge is -2.25. The van der Waals surface area contributed by atoms with E-state index in [1.54, 1.807) is 18.2 Å². The van der Waals surface area contributed by atoms with Gasteiger partial charge in [0.15, 0.2) is 0 Å². The van der Waals surface area contributed by atoms with Gasteiger partial charge in [0, 0.05) is 36.9 Å². The first kappa shape index (κ1) is 16.2. The number of nitro groups is 1. The summed E-state index contributed by atoms with van der Waals surface area (Å²) in [5.74, 6) is -1.62. The van der Waals surface area contributed by atoms with Gasteiger partial charge in [0.25, 0.3) is 28.2 Å². The number of hydrogen-bond donors (Lipinski definition) is 0. The third-order valence-corrected chi connectivity index (χ3v) is 4.51. The van der Waals surface area contributed by atoms with Gasteiger partial charge >= 0.3 is 5.69 Å². The number of nitro benzene ring substituents is 1. The molecule has 0 saturated carbocycles. The largest absolute Gasteiger partial charge is 0.618 e. The van der Waals surface area contributed by atoms with Crippen LogP contribution in [0.25, 0.3) is 11.0 Å². The number of benzene rings is 2. The van der Waals surface area contributed by atoms with Crippen LogP contribution in [0.15, 0.2) is 48.5 Å². The molecule has 1 unspecified atom stereocenters. The number of ether oxygens (including phenoxy) is 2. The van der Waals surface area contributed by atoms with Crippen LogP contribution in [0.1, 0.15) is 17.0 Å². The Hall–Kier alpha value is -3.30. The van der Waals surface area contributed by atoms with E-state index >= 15 is 0 Å². The van der Waals surface area contributed by atoms with Crippen molar-refractivity contribution in [1.82, 2.24) is 0 Å². The molecule has 0 fully saturated rings. The lowest BCUT2D eigenvalue weighted by Crippen LogP contribution is -2.49. The minimum absolute atomic E-state index is 0.0163.